The van der Waals surface area contributed by atoms with Gasteiger partial charge in [0.25, 0.3) is 0 Å². The summed E-state index contributed by atoms with van der Waals surface area (Å²) in [5.74, 6) is -0.128. The van der Waals surface area contributed by atoms with Gasteiger partial charge in [0, 0.05) is 26.1 Å². The summed E-state index contributed by atoms with van der Waals surface area (Å²) in [6.07, 6.45) is 0.979. The quantitative estimate of drug-likeness (QED) is 0.710. The Morgan fingerprint density at radius 3 is 2.48 bits per heavy atom. The van der Waals surface area contributed by atoms with Crippen molar-refractivity contribution in [2.24, 2.45) is 0 Å². The molecule has 0 aliphatic rings. The topological polar surface area (TPSA) is 78.9 Å². The van der Waals surface area contributed by atoms with Gasteiger partial charge >= 0.3 is 12.0 Å². The summed E-state index contributed by atoms with van der Waals surface area (Å²) < 4.78 is 5.21. The number of hydrogen-bond donors (Lipinski definition) is 2. The lowest BCUT2D eigenvalue weighted by Crippen LogP contribution is -2.44. The summed E-state index contributed by atoms with van der Waals surface area (Å²) in [7, 11) is 3.32. The van der Waals surface area contributed by atoms with E-state index < -0.39 is 5.97 Å². The van der Waals surface area contributed by atoms with Crippen molar-refractivity contribution in [2.45, 2.75) is 31.8 Å². The van der Waals surface area contributed by atoms with E-state index >= 15 is 0 Å². The van der Waals surface area contributed by atoms with Gasteiger partial charge in [0.2, 0.25) is 0 Å². The Hall–Kier alpha value is -3.02. The second-order valence-electron chi connectivity index (χ2n) is 6.48. The van der Waals surface area contributed by atoms with Gasteiger partial charge in [-0.3, -0.25) is 4.79 Å². The van der Waals surface area contributed by atoms with E-state index in [1.807, 2.05) is 54.6 Å². The van der Waals surface area contributed by atoms with Crippen LogP contribution in [0.25, 0.3) is 0 Å². The van der Waals surface area contributed by atoms with Crippen molar-refractivity contribution in [3.8, 4) is 5.75 Å². The van der Waals surface area contributed by atoms with Crippen LogP contribution >= 0.6 is 0 Å². The Morgan fingerprint density at radius 2 is 1.81 bits per heavy atom. The molecule has 1 unspecified atom stereocenters. The van der Waals surface area contributed by atoms with E-state index in [4.69, 9.17) is 9.84 Å². The van der Waals surface area contributed by atoms with Crippen LogP contribution in [0, 0.1) is 0 Å². The molecule has 2 N–H and O–H groups in total. The summed E-state index contributed by atoms with van der Waals surface area (Å²) in [6.45, 7) is 0.431. The zero-order valence-electron chi connectivity index (χ0n) is 15.7. The Kier molecular flexibility index (Phi) is 7.67. The van der Waals surface area contributed by atoms with E-state index in [0.717, 1.165) is 16.9 Å². The number of nitrogens with one attached hydrogen (secondary N) is 1. The SMILES string of the molecule is COc1cccc(CN(C)C(=O)NC(CCC(=O)O)Cc2ccccc2)c1. The first kappa shape index (κ1) is 20.3. The molecule has 2 aromatic carbocycles. The number of urea groups is 1. The number of amides is 2. The van der Waals surface area contributed by atoms with E-state index in [9.17, 15) is 9.59 Å². The number of carboxylic acid groups (broad SMARTS) is 1. The molecule has 0 aromatic heterocycles. The molecule has 0 aliphatic carbocycles. The molecule has 0 radical (unpaired) electrons. The molecule has 2 rings (SSSR count). The third-order valence-corrected chi connectivity index (χ3v) is 4.26. The van der Waals surface area contributed by atoms with Gasteiger partial charge in [-0.1, -0.05) is 42.5 Å². The number of ether oxygens (including phenoxy) is 1. The lowest BCUT2D eigenvalue weighted by molar-refractivity contribution is -0.137. The summed E-state index contributed by atoms with van der Waals surface area (Å²) in [5.41, 5.74) is 2.01. The minimum Gasteiger partial charge on any atom is -0.497 e. The number of aliphatic carboxylic acids is 1. The van der Waals surface area contributed by atoms with Crippen LogP contribution < -0.4 is 10.1 Å². The van der Waals surface area contributed by atoms with E-state index in [-0.39, 0.29) is 18.5 Å². The fourth-order valence-corrected chi connectivity index (χ4v) is 2.82. The molecular weight excluding hydrogens is 344 g/mol. The molecule has 0 saturated heterocycles. The Morgan fingerprint density at radius 1 is 1.11 bits per heavy atom. The van der Waals surface area contributed by atoms with Crippen molar-refractivity contribution in [2.75, 3.05) is 14.2 Å². The van der Waals surface area contributed by atoms with Gasteiger partial charge in [-0.25, -0.2) is 4.79 Å². The molecule has 0 spiro atoms. The zero-order valence-corrected chi connectivity index (χ0v) is 15.7. The highest BCUT2D eigenvalue weighted by Gasteiger charge is 2.17. The van der Waals surface area contributed by atoms with Crippen molar-refractivity contribution < 1.29 is 19.4 Å². The predicted octanol–water partition coefficient (Wildman–Crippen LogP) is 3.31. The fourth-order valence-electron chi connectivity index (χ4n) is 2.82. The highest BCUT2D eigenvalue weighted by Crippen LogP contribution is 2.14. The molecule has 0 aliphatic heterocycles. The van der Waals surface area contributed by atoms with Crippen molar-refractivity contribution in [3.63, 3.8) is 0 Å². The maximum atomic E-state index is 12.6. The molecule has 27 heavy (non-hydrogen) atoms. The Balaban J connectivity index is 1.98. The van der Waals surface area contributed by atoms with Gasteiger partial charge in [-0.05, 0) is 36.1 Å². The molecule has 0 fully saturated rings. The fraction of sp³-hybridized carbons (Fsp3) is 0.333. The number of hydrogen-bond acceptors (Lipinski definition) is 3. The average Bonchev–Trinajstić information content (AvgIpc) is 2.67. The van der Waals surface area contributed by atoms with Gasteiger partial charge in [0.15, 0.2) is 0 Å². The van der Waals surface area contributed by atoms with Crippen LogP contribution in [0.3, 0.4) is 0 Å². The third kappa shape index (κ3) is 7.01. The Labute approximate surface area is 159 Å². The minimum atomic E-state index is -0.868. The number of methoxy groups -OCH3 is 1. The molecule has 0 bridgehead atoms. The summed E-state index contributed by atoms with van der Waals surface area (Å²) in [6, 6.07) is 16.8. The highest BCUT2D eigenvalue weighted by molar-refractivity contribution is 5.74. The molecule has 144 valence electrons. The van der Waals surface area contributed by atoms with Crippen LogP contribution in [0.2, 0.25) is 0 Å². The summed E-state index contributed by atoms with van der Waals surface area (Å²) in [4.78, 5) is 25.1. The molecule has 2 amide bonds. The lowest BCUT2D eigenvalue weighted by atomic mass is 10.0. The normalized spacial score (nSPS) is 11.5. The van der Waals surface area contributed by atoms with Crippen LogP contribution in [0.5, 0.6) is 5.75 Å². The van der Waals surface area contributed by atoms with Gasteiger partial charge < -0.3 is 20.1 Å². The number of rotatable bonds is 9. The smallest absolute Gasteiger partial charge is 0.317 e. The molecule has 0 saturated carbocycles. The number of carbonyl (C=O) groups is 2. The van der Waals surface area contributed by atoms with Gasteiger partial charge in [-0.2, -0.15) is 0 Å². The minimum absolute atomic E-state index is 0.0113. The van der Waals surface area contributed by atoms with Gasteiger partial charge in [0.05, 0.1) is 7.11 Å². The molecule has 2 aromatic rings. The molecule has 0 heterocycles. The Bertz CT molecular complexity index is 749. The van der Waals surface area contributed by atoms with Gasteiger partial charge in [0.1, 0.15) is 5.75 Å². The lowest BCUT2D eigenvalue weighted by Gasteiger charge is -2.24. The molecule has 6 nitrogen and oxygen atoms in total. The standard InChI is InChI=1S/C21H26N2O4/c1-23(15-17-9-6-10-19(14-17)27-2)21(26)22-18(11-12-20(24)25)13-16-7-4-3-5-8-16/h3-10,14,18H,11-13,15H2,1-2H3,(H,22,26)(H,24,25). The summed E-state index contributed by atoms with van der Waals surface area (Å²) >= 11 is 0. The number of benzene rings is 2. The third-order valence-electron chi connectivity index (χ3n) is 4.26. The molecular formula is C21H26N2O4. The van der Waals surface area contributed by atoms with Crippen molar-refractivity contribution in [1.29, 1.82) is 0 Å². The first-order valence-electron chi connectivity index (χ1n) is 8.88. The first-order valence-corrected chi connectivity index (χ1v) is 8.88. The predicted molar refractivity (Wildman–Crippen MR) is 104 cm³/mol. The van der Waals surface area contributed by atoms with E-state index in [0.29, 0.717) is 19.4 Å². The second kappa shape index (κ2) is 10.2. The van der Waals surface area contributed by atoms with Crippen LogP contribution in [0.1, 0.15) is 24.0 Å². The number of carboxylic acids is 1. The van der Waals surface area contributed by atoms with E-state index in [1.165, 1.54) is 0 Å². The summed E-state index contributed by atoms with van der Waals surface area (Å²) in [5, 5.41) is 11.9. The van der Waals surface area contributed by atoms with Crippen LogP contribution in [0.15, 0.2) is 54.6 Å². The second-order valence-corrected chi connectivity index (χ2v) is 6.48. The molecule has 6 heteroatoms. The largest absolute Gasteiger partial charge is 0.497 e. The average molecular weight is 370 g/mol. The number of nitrogens with zero attached hydrogens (tertiary/aromatic N) is 1. The van der Waals surface area contributed by atoms with Crippen molar-refractivity contribution in [3.05, 3.63) is 65.7 Å². The van der Waals surface area contributed by atoms with Crippen molar-refractivity contribution in [1.82, 2.24) is 10.2 Å². The van der Waals surface area contributed by atoms with Crippen LogP contribution in [-0.2, 0) is 17.8 Å². The van der Waals surface area contributed by atoms with Gasteiger partial charge in [-0.15, -0.1) is 0 Å². The van der Waals surface area contributed by atoms with Crippen LogP contribution in [-0.4, -0.2) is 42.2 Å². The zero-order chi connectivity index (χ0) is 19.6. The molecule has 1 atom stereocenters. The van der Waals surface area contributed by atoms with E-state index in [2.05, 4.69) is 5.32 Å². The van der Waals surface area contributed by atoms with E-state index in [1.54, 1.807) is 19.1 Å². The number of carbonyl (C=O) groups excluding carboxylic acids is 1. The highest BCUT2D eigenvalue weighted by atomic mass is 16.5. The first-order chi connectivity index (χ1) is 13.0. The van der Waals surface area contributed by atoms with Crippen molar-refractivity contribution >= 4 is 12.0 Å². The maximum absolute atomic E-state index is 12.6. The maximum Gasteiger partial charge on any atom is 0.317 e. The van der Waals surface area contributed by atoms with Crippen LogP contribution in [0.4, 0.5) is 4.79 Å². The monoisotopic (exact) mass is 370 g/mol.